The second-order valence-corrected chi connectivity index (χ2v) is 37.1. The predicted molar refractivity (Wildman–Crippen MR) is 578 cm³/mol. The maximum atomic E-state index is 2.51. The van der Waals surface area contributed by atoms with Crippen LogP contribution < -0.4 is 0 Å². The van der Waals surface area contributed by atoms with Gasteiger partial charge in [-0.25, -0.2) is 0 Å². The van der Waals surface area contributed by atoms with Crippen molar-refractivity contribution in [2.24, 2.45) is 0 Å². The highest BCUT2D eigenvalue weighted by atomic mass is 15.0. The van der Waals surface area contributed by atoms with Crippen LogP contribution in [0.1, 0.15) is 0 Å². The molecule has 0 saturated heterocycles. The maximum absolute atomic E-state index is 2.51. The molecule has 4 nitrogen and oxygen atoms in total. The number of nitrogens with zero attached hydrogens (tertiary/aromatic N) is 4. The lowest BCUT2D eigenvalue weighted by molar-refractivity contribution is 1.18. The SMILES string of the molecule is c1cc(-c2ccc3c4c(cccc24)-c2ccccc2-3)cc(-n2c3ccccc3c3cc(-c4ccc5c(c4)c4ccccc4n5-c4cc5c6ccccc6c6ccccc6c5c5ccccc45)ccc32)c1.c1ccc2c(c1)-c1cccc3c(-c4ccc(-n5c6ccccc6c6cc(-c7ccc8c(c7)c7ccccc7n8-c7cc8ccc9ccccc9c8c8ccccc78)ccc65)cc4)ccc-2c13. The molecule has 31 rings (SSSR count). The van der Waals surface area contributed by atoms with E-state index < -0.39 is 0 Å². The minimum atomic E-state index is 1.15. The van der Waals surface area contributed by atoms with Crippen molar-refractivity contribution in [3.63, 3.8) is 0 Å². The summed E-state index contributed by atoms with van der Waals surface area (Å²) >= 11 is 0. The van der Waals surface area contributed by atoms with Gasteiger partial charge in [0.1, 0.15) is 0 Å². The lowest BCUT2D eigenvalue weighted by atomic mass is 9.90. The van der Waals surface area contributed by atoms with Crippen LogP contribution in [-0.4, -0.2) is 18.3 Å². The Morgan fingerprint density at radius 2 is 0.419 bits per heavy atom. The van der Waals surface area contributed by atoms with Crippen LogP contribution >= 0.6 is 0 Å². The number of rotatable bonds is 8. The fourth-order valence-electron chi connectivity index (χ4n) is 24.4. The van der Waals surface area contributed by atoms with Gasteiger partial charge in [-0.3, -0.25) is 0 Å². The van der Waals surface area contributed by atoms with Crippen LogP contribution in [-0.2, 0) is 0 Å². The van der Waals surface area contributed by atoms with Gasteiger partial charge in [-0.05, 0) is 284 Å². The van der Waals surface area contributed by atoms with Gasteiger partial charge < -0.3 is 18.3 Å². The summed E-state index contributed by atoms with van der Waals surface area (Å²) < 4.78 is 9.87. The number of hydrogen-bond acceptors (Lipinski definition) is 0. The third-order valence-corrected chi connectivity index (χ3v) is 30.2. The molecule has 25 aromatic carbocycles. The van der Waals surface area contributed by atoms with Crippen LogP contribution in [0, 0.1) is 0 Å². The van der Waals surface area contributed by atoms with E-state index in [1.54, 1.807) is 0 Å². The highest BCUT2D eigenvalue weighted by molar-refractivity contribution is 6.34. The van der Waals surface area contributed by atoms with Gasteiger partial charge in [0.25, 0.3) is 0 Å². The van der Waals surface area contributed by atoms with Crippen molar-refractivity contribution in [3.8, 4) is 112 Å². The van der Waals surface area contributed by atoms with E-state index in [1.807, 2.05) is 0 Å². The van der Waals surface area contributed by atoms with E-state index >= 15 is 0 Å². The van der Waals surface area contributed by atoms with Crippen LogP contribution in [0.25, 0.3) is 296 Å². The van der Waals surface area contributed by atoms with Crippen LogP contribution in [0.5, 0.6) is 0 Å². The second kappa shape index (κ2) is 28.8. The smallest absolute Gasteiger partial charge is 0.0547 e. The van der Waals surface area contributed by atoms with Crippen LogP contribution in [0.4, 0.5) is 0 Å². The largest absolute Gasteiger partial charge is 0.309 e. The third kappa shape index (κ3) is 10.7. The number of benzene rings is 25. The Kier molecular flexibility index (Phi) is 15.8. The van der Waals surface area contributed by atoms with Crippen molar-refractivity contribution in [1.82, 2.24) is 18.3 Å². The highest BCUT2D eigenvalue weighted by Gasteiger charge is 2.29. The predicted octanol–water partition coefficient (Wildman–Crippen LogP) is 36.1. The summed E-state index contributed by atoms with van der Waals surface area (Å²) in [6.07, 6.45) is 0. The zero-order valence-electron chi connectivity index (χ0n) is 73.8. The average Bonchev–Trinajstić information content (AvgIpc) is 1.36. The fraction of sp³-hybridized carbons (Fsp3) is 0. The summed E-state index contributed by atoms with van der Waals surface area (Å²) in [5, 5.41) is 33.1. The number of hydrogen-bond donors (Lipinski definition) is 0. The molecule has 0 unspecified atom stereocenters. The van der Waals surface area contributed by atoms with E-state index in [9.17, 15) is 0 Å². The molecule has 0 aliphatic heterocycles. The van der Waals surface area contributed by atoms with E-state index in [1.165, 1.54) is 285 Å². The second-order valence-electron chi connectivity index (χ2n) is 37.1. The molecular weight excluding hydrogens is 1640 g/mol. The number of aromatic nitrogens is 4. The summed E-state index contributed by atoms with van der Waals surface area (Å²) in [5.41, 5.74) is 34.7. The molecule has 136 heavy (non-hydrogen) atoms. The molecule has 0 amide bonds. The number of para-hydroxylation sites is 4. The Labute approximate surface area is 781 Å². The lowest BCUT2D eigenvalue weighted by Crippen LogP contribution is -1.97. The van der Waals surface area contributed by atoms with Gasteiger partial charge in [-0.15, -0.1) is 0 Å². The average molecular weight is 1720 g/mol. The van der Waals surface area contributed by atoms with Crippen molar-refractivity contribution in [2.45, 2.75) is 0 Å². The molecule has 4 heterocycles. The van der Waals surface area contributed by atoms with Crippen molar-refractivity contribution in [1.29, 1.82) is 0 Å². The monoisotopic (exact) mass is 1720 g/mol. The molecule has 29 aromatic rings. The summed E-state index contributed by atoms with van der Waals surface area (Å²) in [5.74, 6) is 0. The van der Waals surface area contributed by atoms with Gasteiger partial charge in [0.05, 0.1) is 55.5 Å². The van der Waals surface area contributed by atoms with Gasteiger partial charge in [0.2, 0.25) is 0 Å². The normalized spacial score (nSPS) is 12.3. The van der Waals surface area contributed by atoms with E-state index in [-0.39, 0.29) is 0 Å². The van der Waals surface area contributed by atoms with Gasteiger partial charge in [-0.2, -0.15) is 0 Å². The van der Waals surface area contributed by atoms with Gasteiger partial charge >= 0.3 is 0 Å². The Balaban J connectivity index is 0.000000129. The quantitative estimate of drug-likeness (QED) is 0.135. The minimum Gasteiger partial charge on any atom is -0.309 e. The van der Waals surface area contributed by atoms with E-state index in [0.29, 0.717) is 0 Å². The Morgan fingerprint density at radius 3 is 0.904 bits per heavy atom. The first kappa shape index (κ1) is 74.8. The minimum absolute atomic E-state index is 1.15. The van der Waals surface area contributed by atoms with Crippen LogP contribution in [0.2, 0.25) is 0 Å². The molecule has 2 aliphatic carbocycles. The number of fused-ring (bicyclic) bond motifs is 31. The lowest BCUT2D eigenvalue weighted by Gasteiger charge is -2.17. The molecule has 2 aliphatic rings. The molecule has 0 fully saturated rings. The zero-order valence-corrected chi connectivity index (χ0v) is 73.8. The Hall–Kier alpha value is -18.0. The standard InChI is InChI=1S/C68H40N2.C64H38N2/c1-4-21-50-46(17-1)47-18-5-7-25-55(47)68-57-26-8-6-22-51(57)66(40-61(50)68)70-63-30-12-10-24-53(63)60-39-42(32-36-65(60)70)41-31-35-64-59(38-41)52-23-9-11-29-62(52)69(64)44-16-13-15-43(37-44)45-33-34-58-49-20-3-2-19-48(49)56-28-14-27-54(45)67(56)58;1-2-13-46-39(12-1)24-25-43-38-62(49-16-5-6-19-54(49)63(43)46)66-59-23-10-8-18-51(59)57-37-42(29-35-61(57)66)41-28-34-60-56(36-41)50-17-7-9-22-58(50)65(60)44-30-26-40(27-31-44)45-32-33-55-48-15-4-3-14-47(48)53-21-11-20-52(45)64(53)55/h1-40H;1-38H. The molecule has 0 saturated carbocycles. The van der Waals surface area contributed by atoms with Crippen LogP contribution in [0.15, 0.2) is 473 Å². The van der Waals surface area contributed by atoms with Crippen molar-refractivity contribution < 1.29 is 0 Å². The summed E-state index contributed by atoms with van der Waals surface area (Å²) in [4.78, 5) is 0. The van der Waals surface area contributed by atoms with Gasteiger partial charge in [-0.1, -0.05) is 364 Å². The molecule has 0 radical (unpaired) electrons. The van der Waals surface area contributed by atoms with Crippen molar-refractivity contribution in [2.75, 3.05) is 0 Å². The summed E-state index contributed by atoms with van der Waals surface area (Å²) in [6, 6.07) is 176. The molecule has 4 heteroatoms. The first-order chi connectivity index (χ1) is 67.5. The van der Waals surface area contributed by atoms with Gasteiger partial charge in [0, 0.05) is 65.2 Å². The molecular formula is C132H78N4. The van der Waals surface area contributed by atoms with Crippen molar-refractivity contribution in [3.05, 3.63) is 473 Å². The first-order valence-electron chi connectivity index (χ1n) is 47.3. The zero-order chi connectivity index (χ0) is 88.6. The van der Waals surface area contributed by atoms with Crippen LogP contribution in [0.3, 0.4) is 0 Å². The van der Waals surface area contributed by atoms with E-state index in [0.717, 1.165) is 11.4 Å². The molecule has 0 atom stereocenters. The Morgan fingerprint density at radius 1 is 0.110 bits per heavy atom. The molecule has 0 spiro atoms. The maximum Gasteiger partial charge on any atom is 0.0547 e. The molecule has 4 aromatic heterocycles. The fourth-order valence-corrected chi connectivity index (χ4v) is 24.4. The van der Waals surface area contributed by atoms with Gasteiger partial charge in [0.15, 0.2) is 0 Å². The van der Waals surface area contributed by atoms with Crippen molar-refractivity contribution >= 4 is 184 Å². The molecule has 0 N–H and O–H groups in total. The summed E-state index contributed by atoms with van der Waals surface area (Å²) in [6.45, 7) is 0. The molecule has 0 bridgehead atoms. The van der Waals surface area contributed by atoms with E-state index in [4.69, 9.17) is 0 Å². The van der Waals surface area contributed by atoms with E-state index in [2.05, 4.69) is 491 Å². The summed E-state index contributed by atoms with van der Waals surface area (Å²) in [7, 11) is 0. The Bertz CT molecular complexity index is 10300. The topological polar surface area (TPSA) is 19.7 Å². The third-order valence-electron chi connectivity index (χ3n) is 30.2. The highest BCUT2D eigenvalue weighted by Crippen LogP contribution is 2.54. The first-order valence-corrected chi connectivity index (χ1v) is 47.3. The molecule has 626 valence electrons.